The van der Waals surface area contributed by atoms with Gasteiger partial charge in [0.05, 0.1) is 19.1 Å². The summed E-state index contributed by atoms with van der Waals surface area (Å²) in [6, 6.07) is 15.0. The fraction of sp³-hybridized carbons (Fsp3) is 0.485. The number of ether oxygens (including phenoxy) is 1. The molecule has 1 aromatic heterocycles. The lowest BCUT2D eigenvalue weighted by molar-refractivity contribution is -0.150. The fourth-order valence-electron chi connectivity index (χ4n) is 6.62. The number of nitrogens with zero attached hydrogens (tertiary/aromatic N) is 5. The van der Waals surface area contributed by atoms with Gasteiger partial charge in [-0.1, -0.05) is 17.7 Å². The monoisotopic (exact) mass is 588 g/mol. The third-order valence-corrected chi connectivity index (χ3v) is 9.00. The van der Waals surface area contributed by atoms with Gasteiger partial charge in [0.1, 0.15) is 23.2 Å². The molecular weight excluding hydrogens is 547 g/mol. The van der Waals surface area contributed by atoms with Gasteiger partial charge in [0.2, 0.25) is 0 Å². The Balaban J connectivity index is 1.13. The van der Waals surface area contributed by atoms with Gasteiger partial charge in [-0.2, -0.15) is 0 Å². The van der Waals surface area contributed by atoms with Gasteiger partial charge in [-0.15, -0.1) is 0 Å². The highest BCUT2D eigenvalue weighted by molar-refractivity contribution is 5.78. The van der Waals surface area contributed by atoms with E-state index < -0.39 is 0 Å². The number of amides is 2. The van der Waals surface area contributed by atoms with Crippen LogP contribution in [-0.4, -0.2) is 81.6 Å². The van der Waals surface area contributed by atoms with Crippen LogP contribution in [0, 0.1) is 18.7 Å². The third kappa shape index (κ3) is 6.39. The van der Waals surface area contributed by atoms with Gasteiger partial charge >= 0.3 is 12.0 Å². The van der Waals surface area contributed by atoms with Crippen LogP contribution in [0.4, 0.5) is 20.7 Å². The summed E-state index contributed by atoms with van der Waals surface area (Å²) < 4.78 is 21.2. The number of nitrogens with one attached hydrogen (secondary N) is 1. The molecule has 0 radical (unpaired) electrons. The van der Waals surface area contributed by atoms with E-state index in [1.54, 1.807) is 12.1 Å². The van der Waals surface area contributed by atoms with Gasteiger partial charge in [0.15, 0.2) is 0 Å². The van der Waals surface area contributed by atoms with E-state index >= 15 is 0 Å². The van der Waals surface area contributed by atoms with E-state index in [1.807, 2.05) is 28.9 Å². The second kappa shape index (κ2) is 12.8. The summed E-state index contributed by atoms with van der Waals surface area (Å²) >= 11 is 0. The van der Waals surface area contributed by atoms with Crippen molar-refractivity contribution >= 4 is 23.5 Å². The standard InChI is InChI=1S/C33H41FN6O3/c1-3-43-32(41)25-5-4-16-38(21-25)28-14-17-37(18-15-28)33(42)39-19-20-40-29(22-39)36-30(24-8-10-26(34)11-9-24)31(40)35-27-12-6-23(2)7-13-27/h6-13,25,28,35H,3-5,14-22H2,1-2H3. The van der Waals surface area contributed by atoms with E-state index in [4.69, 9.17) is 9.72 Å². The molecular formula is C33H41FN6O3. The SMILES string of the molecule is CCOC(=O)C1CCCN(C2CCN(C(=O)N3CCn4c(nc(-c5ccc(F)cc5)c4Nc4ccc(C)cc4)C3)CC2)C1. The van der Waals surface area contributed by atoms with E-state index in [9.17, 15) is 14.0 Å². The van der Waals surface area contributed by atoms with Crippen LogP contribution < -0.4 is 5.32 Å². The fourth-order valence-corrected chi connectivity index (χ4v) is 6.62. The van der Waals surface area contributed by atoms with Crippen LogP contribution >= 0.6 is 0 Å². The summed E-state index contributed by atoms with van der Waals surface area (Å²) in [5.74, 6) is 1.24. The zero-order valence-electron chi connectivity index (χ0n) is 25.1. The van der Waals surface area contributed by atoms with Crippen molar-refractivity contribution in [2.24, 2.45) is 5.92 Å². The smallest absolute Gasteiger partial charge is 0.320 e. The molecule has 9 nitrogen and oxygen atoms in total. The molecule has 228 valence electrons. The summed E-state index contributed by atoms with van der Waals surface area (Å²) in [5, 5.41) is 3.54. The number of fused-ring (bicyclic) bond motifs is 1. The van der Waals surface area contributed by atoms with Crippen molar-refractivity contribution in [3.8, 4) is 11.3 Å². The van der Waals surface area contributed by atoms with Crippen molar-refractivity contribution in [1.82, 2.24) is 24.3 Å². The number of halogens is 1. The number of aromatic nitrogens is 2. The van der Waals surface area contributed by atoms with E-state index in [-0.39, 0.29) is 23.7 Å². The Morgan fingerprint density at radius 3 is 2.42 bits per heavy atom. The van der Waals surface area contributed by atoms with Crippen LogP contribution in [0.1, 0.15) is 44.0 Å². The van der Waals surface area contributed by atoms with Crippen molar-refractivity contribution in [1.29, 1.82) is 0 Å². The van der Waals surface area contributed by atoms with Gasteiger partial charge in [-0.05, 0) is 82.5 Å². The van der Waals surface area contributed by atoms with Crippen molar-refractivity contribution in [3.63, 3.8) is 0 Å². The van der Waals surface area contributed by atoms with Gasteiger partial charge in [-0.25, -0.2) is 14.2 Å². The van der Waals surface area contributed by atoms with Crippen LogP contribution in [0.25, 0.3) is 11.3 Å². The van der Waals surface area contributed by atoms with E-state index in [1.165, 1.54) is 17.7 Å². The normalized spacial score (nSPS) is 19.7. The number of anilines is 2. The topological polar surface area (TPSA) is 82.9 Å². The Morgan fingerprint density at radius 1 is 0.953 bits per heavy atom. The molecule has 1 N–H and O–H groups in total. The number of piperidine rings is 2. The number of hydrogen-bond acceptors (Lipinski definition) is 6. The Labute approximate surface area is 252 Å². The first-order valence-corrected chi connectivity index (χ1v) is 15.5. The molecule has 0 saturated carbocycles. The average Bonchev–Trinajstić information content (AvgIpc) is 3.39. The molecule has 2 fully saturated rings. The number of imidazole rings is 1. The lowest BCUT2D eigenvalue weighted by atomic mass is 9.94. The second-order valence-corrected chi connectivity index (χ2v) is 11.9. The number of likely N-dealkylation sites (tertiary alicyclic amines) is 2. The predicted octanol–water partition coefficient (Wildman–Crippen LogP) is 5.42. The number of esters is 1. The molecule has 6 rings (SSSR count). The molecule has 0 bridgehead atoms. The Hall–Kier alpha value is -3.92. The molecule has 10 heteroatoms. The molecule has 4 heterocycles. The molecule has 2 amide bonds. The van der Waals surface area contributed by atoms with E-state index in [2.05, 4.69) is 33.8 Å². The number of carbonyl (C=O) groups excluding carboxylic acids is 2. The minimum Gasteiger partial charge on any atom is -0.466 e. The first-order valence-electron chi connectivity index (χ1n) is 15.5. The number of aryl methyl sites for hydroxylation is 1. The predicted molar refractivity (Wildman–Crippen MR) is 163 cm³/mol. The van der Waals surface area contributed by atoms with Crippen LogP contribution in [0.15, 0.2) is 48.5 Å². The maximum absolute atomic E-state index is 13.7. The molecule has 3 aliphatic heterocycles. The Bertz CT molecular complexity index is 1430. The average molecular weight is 589 g/mol. The lowest BCUT2D eigenvalue weighted by Gasteiger charge is -2.43. The first kappa shape index (κ1) is 29.2. The number of rotatable bonds is 6. The van der Waals surface area contributed by atoms with Gasteiger partial charge in [-0.3, -0.25) is 9.69 Å². The molecule has 1 unspecified atom stereocenters. The largest absolute Gasteiger partial charge is 0.466 e. The second-order valence-electron chi connectivity index (χ2n) is 11.9. The van der Waals surface area contributed by atoms with Crippen LogP contribution in [0.2, 0.25) is 0 Å². The number of urea groups is 1. The quantitative estimate of drug-likeness (QED) is 0.388. The molecule has 2 saturated heterocycles. The lowest BCUT2D eigenvalue weighted by Crippen LogP contribution is -2.53. The van der Waals surface area contributed by atoms with Crippen LogP contribution in [-0.2, 0) is 22.6 Å². The van der Waals surface area contributed by atoms with Crippen molar-refractivity contribution in [2.45, 2.75) is 58.7 Å². The zero-order valence-corrected chi connectivity index (χ0v) is 25.1. The van der Waals surface area contributed by atoms with Crippen molar-refractivity contribution in [3.05, 3.63) is 65.7 Å². The van der Waals surface area contributed by atoms with Crippen LogP contribution in [0.5, 0.6) is 0 Å². The molecule has 43 heavy (non-hydrogen) atoms. The molecule has 3 aliphatic rings. The van der Waals surface area contributed by atoms with Gasteiger partial charge in [0.25, 0.3) is 0 Å². The highest BCUT2D eigenvalue weighted by Crippen LogP contribution is 2.34. The van der Waals surface area contributed by atoms with Crippen LogP contribution in [0.3, 0.4) is 0 Å². The summed E-state index contributed by atoms with van der Waals surface area (Å²) in [7, 11) is 0. The Morgan fingerprint density at radius 2 is 1.70 bits per heavy atom. The molecule has 2 aromatic carbocycles. The number of benzene rings is 2. The minimum atomic E-state index is -0.291. The van der Waals surface area contributed by atoms with Crippen molar-refractivity contribution < 1.29 is 18.7 Å². The van der Waals surface area contributed by atoms with E-state index in [0.717, 1.165) is 67.4 Å². The maximum Gasteiger partial charge on any atom is 0.320 e. The van der Waals surface area contributed by atoms with Gasteiger partial charge in [0, 0.05) is 50.0 Å². The highest BCUT2D eigenvalue weighted by Gasteiger charge is 2.35. The molecule has 3 aromatic rings. The van der Waals surface area contributed by atoms with Crippen molar-refractivity contribution in [2.75, 3.05) is 44.6 Å². The number of carbonyl (C=O) groups is 2. The third-order valence-electron chi connectivity index (χ3n) is 9.00. The summed E-state index contributed by atoms with van der Waals surface area (Å²) in [5.41, 5.74) is 3.68. The first-order chi connectivity index (χ1) is 20.9. The molecule has 0 spiro atoms. The summed E-state index contributed by atoms with van der Waals surface area (Å²) in [6.45, 7) is 9.10. The van der Waals surface area contributed by atoms with Gasteiger partial charge < -0.3 is 24.4 Å². The summed E-state index contributed by atoms with van der Waals surface area (Å²) in [6.07, 6.45) is 3.71. The highest BCUT2D eigenvalue weighted by atomic mass is 19.1. The van der Waals surface area contributed by atoms with E-state index in [0.29, 0.717) is 45.4 Å². The number of hydrogen-bond donors (Lipinski definition) is 1. The molecule has 1 atom stereocenters. The Kier molecular flexibility index (Phi) is 8.65. The zero-order chi connectivity index (χ0) is 29.9. The molecule has 0 aliphatic carbocycles. The maximum atomic E-state index is 13.7. The summed E-state index contributed by atoms with van der Waals surface area (Å²) in [4.78, 5) is 37.2. The minimum absolute atomic E-state index is 0.0457.